The first-order chi connectivity index (χ1) is 11.3. The summed E-state index contributed by atoms with van der Waals surface area (Å²) >= 11 is 1.70. The molecule has 0 spiro atoms. The highest BCUT2D eigenvalue weighted by atomic mass is 32.1. The third-order valence-electron chi connectivity index (χ3n) is 3.82. The number of nitrogens with zero attached hydrogens (tertiary/aromatic N) is 3. The number of H-pyrrole nitrogens is 1. The summed E-state index contributed by atoms with van der Waals surface area (Å²) in [6.45, 7) is 0.698. The lowest BCUT2D eigenvalue weighted by atomic mass is 10.3. The number of hydrogen-bond donors (Lipinski definition) is 1. The summed E-state index contributed by atoms with van der Waals surface area (Å²) < 4.78 is 7.72. The van der Waals surface area contributed by atoms with E-state index in [4.69, 9.17) is 4.74 Å². The van der Waals surface area contributed by atoms with Crippen LogP contribution in [0.4, 0.5) is 0 Å². The van der Waals surface area contributed by atoms with Crippen LogP contribution in [-0.4, -0.2) is 26.6 Å². The van der Waals surface area contributed by atoms with Gasteiger partial charge in [0.15, 0.2) is 11.6 Å². The fourth-order valence-electron chi connectivity index (χ4n) is 2.67. The molecule has 0 aliphatic heterocycles. The van der Waals surface area contributed by atoms with E-state index in [2.05, 4.69) is 31.0 Å². The van der Waals surface area contributed by atoms with Crippen molar-refractivity contribution < 1.29 is 4.74 Å². The molecular weight excluding hydrogens is 308 g/mol. The number of benzene rings is 1. The molecule has 4 rings (SSSR count). The summed E-state index contributed by atoms with van der Waals surface area (Å²) in [4.78, 5) is 13.6. The molecule has 6 heteroatoms. The fraction of sp³-hybridized carbons (Fsp3) is 0.176. The quantitative estimate of drug-likeness (QED) is 0.606. The summed E-state index contributed by atoms with van der Waals surface area (Å²) in [5.74, 6) is 1.59. The van der Waals surface area contributed by atoms with Crippen molar-refractivity contribution in [2.24, 2.45) is 0 Å². The maximum Gasteiger partial charge on any atom is 0.176 e. The van der Waals surface area contributed by atoms with Gasteiger partial charge in [-0.05, 0) is 23.6 Å². The SMILES string of the molecule is COC(Cn1ccnc1-c1nc2ccccc2[nH]1)c1cccs1. The second kappa shape index (κ2) is 5.98. The van der Waals surface area contributed by atoms with Crippen LogP contribution in [0.2, 0.25) is 0 Å². The first kappa shape index (κ1) is 14.2. The highest BCUT2D eigenvalue weighted by Crippen LogP contribution is 2.26. The monoisotopic (exact) mass is 324 g/mol. The Labute approximate surface area is 137 Å². The number of thiophene rings is 1. The molecule has 0 amide bonds. The third-order valence-corrected chi connectivity index (χ3v) is 4.79. The summed E-state index contributed by atoms with van der Waals surface area (Å²) in [5.41, 5.74) is 1.96. The van der Waals surface area contributed by atoms with Gasteiger partial charge < -0.3 is 14.3 Å². The molecule has 5 nitrogen and oxygen atoms in total. The van der Waals surface area contributed by atoms with E-state index in [1.165, 1.54) is 4.88 Å². The standard InChI is InChI=1S/C17H16N4OS/c1-22-14(15-7-4-10-23-15)11-21-9-8-18-17(21)16-19-12-5-2-3-6-13(12)20-16/h2-10,14H,11H2,1H3,(H,19,20). The highest BCUT2D eigenvalue weighted by Gasteiger charge is 2.17. The van der Waals surface area contributed by atoms with Gasteiger partial charge in [0.05, 0.1) is 17.6 Å². The molecule has 1 aromatic carbocycles. The number of fused-ring (bicyclic) bond motifs is 1. The van der Waals surface area contributed by atoms with Crippen LogP contribution < -0.4 is 0 Å². The minimum Gasteiger partial charge on any atom is -0.374 e. The molecule has 1 N–H and O–H groups in total. The lowest BCUT2D eigenvalue weighted by molar-refractivity contribution is 0.0911. The number of aromatic nitrogens is 4. The van der Waals surface area contributed by atoms with E-state index in [-0.39, 0.29) is 6.10 Å². The zero-order valence-electron chi connectivity index (χ0n) is 12.6. The predicted molar refractivity (Wildman–Crippen MR) is 91.4 cm³/mol. The molecule has 0 fully saturated rings. The van der Waals surface area contributed by atoms with E-state index in [0.29, 0.717) is 6.54 Å². The van der Waals surface area contributed by atoms with Crippen molar-refractivity contribution in [2.45, 2.75) is 12.6 Å². The van der Waals surface area contributed by atoms with Crippen LogP contribution in [0.1, 0.15) is 11.0 Å². The first-order valence-electron chi connectivity index (χ1n) is 7.37. The number of ether oxygens (including phenoxy) is 1. The summed E-state index contributed by atoms with van der Waals surface area (Å²) in [5, 5.41) is 2.06. The second-order valence-electron chi connectivity index (χ2n) is 5.25. The molecule has 1 unspecified atom stereocenters. The average Bonchev–Trinajstić information content (AvgIpc) is 3.30. The van der Waals surface area contributed by atoms with Gasteiger partial charge in [0.2, 0.25) is 0 Å². The zero-order chi connectivity index (χ0) is 15.6. The van der Waals surface area contributed by atoms with Gasteiger partial charge in [-0.15, -0.1) is 11.3 Å². The summed E-state index contributed by atoms with van der Waals surface area (Å²) in [6, 6.07) is 12.1. The number of imidazole rings is 2. The molecule has 0 saturated carbocycles. The van der Waals surface area contributed by atoms with E-state index in [9.17, 15) is 0 Å². The Morgan fingerprint density at radius 3 is 2.96 bits per heavy atom. The van der Waals surface area contributed by atoms with E-state index in [1.807, 2.05) is 36.5 Å². The van der Waals surface area contributed by atoms with E-state index >= 15 is 0 Å². The smallest absolute Gasteiger partial charge is 0.176 e. The van der Waals surface area contributed by atoms with Crippen molar-refractivity contribution in [1.82, 2.24) is 19.5 Å². The molecule has 116 valence electrons. The lowest BCUT2D eigenvalue weighted by Gasteiger charge is -2.15. The maximum absolute atomic E-state index is 5.65. The maximum atomic E-state index is 5.65. The van der Waals surface area contributed by atoms with Crippen LogP contribution in [0.5, 0.6) is 0 Å². The molecule has 0 saturated heterocycles. The van der Waals surface area contributed by atoms with Gasteiger partial charge in [-0.25, -0.2) is 9.97 Å². The van der Waals surface area contributed by atoms with Crippen LogP contribution in [0.15, 0.2) is 54.2 Å². The number of hydrogen-bond acceptors (Lipinski definition) is 4. The van der Waals surface area contributed by atoms with Crippen LogP contribution in [0, 0.1) is 0 Å². The van der Waals surface area contributed by atoms with E-state index in [1.54, 1.807) is 24.6 Å². The molecule has 0 aliphatic carbocycles. The van der Waals surface area contributed by atoms with Gasteiger partial charge in [-0.2, -0.15) is 0 Å². The number of para-hydroxylation sites is 2. The molecule has 1 atom stereocenters. The Morgan fingerprint density at radius 1 is 1.26 bits per heavy atom. The Hall–Kier alpha value is -2.44. The predicted octanol–water partition coefficient (Wildman–Crippen LogP) is 3.88. The van der Waals surface area contributed by atoms with Gasteiger partial charge in [-0.1, -0.05) is 18.2 Å². The van der Waals surface area contributed by atoms with Gasteiger partial charge >= 0.3 is 0 Å². The van der Waals surface area contributed by atoms with Gasteiger partial charge in [0.25, 0.3) is 0 Å². The van der Waals surface area contributed by atoms with E-state index < -0.39 is 0 Å². The summed E-state index contributed by atoms with van der Waals surface area (Å²) in [6.07, 6.45) is 3.76. The molecule has 0 bridgehead atoms. The van der Waals surface area contributed by atoms with Crippen LogP contribution in [0.25, 0.3) is 22.7 Å². The van der Waals surface area contributed by atoms with Gasteiger partial charge in [-0.3, -0.25) is 0 Å². The Bertz CT molecular complexity index is 877. The topological polar surface area (TPSA) is 55.7 Å². The minimum atomic E-state index is 0.00679. The Kier molecular flexibility index (Phi) is 3.69. The minimum absolute atomic E-state index is 0.00679. The van der Waals surface area contributed by atoms with Crippen molar-refractivity contribution in [3.8, 4) is 11.6 Å². The molecule has 3 aromatic heterocycles. The van der Waals surface area contributed by atoms with Crippen LogP contribution >= 0.6 is 11.3 Å². The molecule has 3 heterocycles. The highest BCUT2D eigenvalue weighted by molar-refractivity contribution is 7.10. The second-order valence-corrected chi connectivity index (χ2v) is 6.22. The summed E-state index contributed by atoms with van der Waals surface area (Å²) in [7, 11) is 1.74. The number of rotatable bonds is 5. The van der Waals surface area contributed by atoms with E-state index in [0.717, 1.165) is 22.7 Å². The molecular formula is C17H16N4OS. The molecule has 23 heavy (non-hydrogen) atoms. The van der Waals surface area contributed by atoms with Gasteiger partial charge in [0, 0.05) is 24.4 Å². The van der Waals surface area contributed by atoms with Crippen LogP contribution in [0.3, 0.4) is 0 Å². The number of nitrogens with one attached hydrogen (secondary N) is 1. The van der Waals surface area contributed by atoms with Crippen molar-refractivity contribution in [3.63, 3.8) is 0 Å². The third kappa shape index (κ3) is 2.67. The van der Waals surface area contributed by atoms with Crippen molar-refractivity contribution in [1.29, 1.82) is 0 Å². The van der Waals surface area contributed by atoms with Crippen molar-refractivity contribution in [3.05, 3.63) is 59.0 Å². The number of aromatic amines is 1. The fourth-order valence-corrected chi connectivity index (χ4v) is 3.46. The van der Waals surface area contributed by atoms with Crippen molar-refractivity contribution >= 4 is 22.4 Å². The lowest BCUT2D eigenvalue weighted by Crippen LogP contribution is -2.10. The zero-order valence-corrected chi connectivity index (χ0v) is 13.5. The van der Waals surface area contributed by atoms with Gasteiger partial charge in [0.1, 0.15) is 6.10 Å². The average molecular weight is 324 g/mol. The number of methoxy groups -OCH3 is 1. The molecule has 0 aliphatic rings. The first-order valence-corrected chi connectivity index (χ1v) is 8.25. The Balaban J connectivity index is 1.68. The van der Waals surface area contributed by atoms with Crippen molar-refractivity contribution in [2.75, 3.05) is 7.11 Å². The van der Waals surface area contributed by atoms with Crippen LogP contribution in [-0.2, 0) is 11.3 Å². The normalized spacial score (nSPS) is 12.7. The largest absolute Gasteiger partial charge is 0.374 e. The Morgan fingerprint density at radius 2 is 2.17 bits per heavy atom. The molecule has 0 radical (unpaired) electrons. The molecule has 4 aromatic rings.